The minimum absolute atomic E-state index is 0.223. The maximum atomic E-state index is 11.7. The number of carbonyl (C=O) groups is 1. The zero-order valence-electron chi connectivity index (χ0n) is 10.0. The minimum Gasteiger partial charge on any atom is -0.352 e. The van der Waals surface area contributed by atoms with Crippen LogP contribution in [0.25, 0.3) is 0 Å². The molecule has 2 saturated heterocycles. The molecule has 0 radical (unpaired) electrons. The van der Waals surface area contributed by atoms with Crippen LogP contribution in [0.4, 0.5) is 0 Å². The van der Waals surface area contributed by atoms with E-state index in [1.807, 2.05) is 0 Å². The highest BCUT2D eigenvalue weighted by molar-refractivity contribution is 5.76. The third-order valence-corrected chi connectivity index (χ3v) is 3.52. The molecule has 2 N–H and O–H groups in total. The zero-order valence-corrected chi connectivity index (χ0v) is 10.0. The Morgan fingerprint density at radius 3 is 2.81 bits per heavy atom. The van der Waals surface area contributed by atoms with Gasteiger partial charge in [-0.1, -0.05) is 0 Å². The number of likely N-dealkylation sites (tertiary alicyclic amines) is 1. The van der Waals surface area contributed by atoms with E-state index in [1.165, 1.54) is 32.4 Å². The number of nitrogens with one attached hydrogen (secondary N) is 2. The number of rotatable bonds is 4. The molecule has 0 aliphatic carbocycles. The number of carbonyl (C=O) groups excluding carboxylic acids is 1. The van der Waals surface area contributed by atoms with Crippen molar-refractivity contribution in [1.29, 1.82) is 0 Å². The summed E-state index contributed by atoms with van der Waals surface area (Å²) in [6, 6.07) is 0.361. The molecule has 4 heteroatoms. The molecule has 2 aliphatic rings. The van der Waals surface area contributed by atoms with Crippen LogP contribution < -0.4 is 10.6 Å². The second kappa shape index (κ2) is 6.21. The van der Waals surface area contributed by atoms with Crippen molar-refractivity contribution in [3.05, 3.63) is 0 Å². The predicted octanol–water partition coefficient (Wildman–Crippen LogP) is 0.341. The first-order valence-electron chi connectivity index (χ1n) is 6.57. The Balaban J connectivity index is 1.59. The first-order chi connectivity index (χ1) is 7.84. The first kappa shape index (κ1) is 11.9. The maximum Gasteiger partial charge on any atom is 0.221 e. The highest BCUT2D eigenvalue weighted by Crippen LogP contribution is 2.07. The number of amides is 1. The molecule has 4 nitrogen and oxygen atoms in total. The third kappa shape index (κ3) is 3.76. The van der Waals surface area contributed by atoms with Crippen LogP contribution in [0.2, 0.25) is 0 Å². The van der Waals surface area contributed by atoms with Gasteiger partial charge in [-0.3, -0.25) is 4.79 Å². The smallest absolute Gasteiger partial charge is 0.221 e. The summed E-state index contributed by atoms with van der Waals surface area (Å²) in [4.78, 5) is 14.1. The van der Waals surface area contributed by atoms with Crippen LogP contribution in [0.3, 0.4) is 0 Å². The fraction of sp³-hybridized carbons (Fsp3) is 0.917. The van der Waals surface area contributed by atoms with Crippen molar-refractivity contribution in [1.82, 2.24) is 15.5 Å². The molecule has 0 saturated carbocycles. The fourth-order valence-corrected chi connectivity index (χ4v) is 2.54. The van der Waals surface area contributed by atoms with Gasteiger partial charge in [0.2, 0.25) is 5.91 Å². The monoisotopic (exact) mass is 225 g/mol. The Bertz CT molecular complexity index is 220. The number of piperidine rings is 1. The summed E-state index contributed by atoms with van der Waals surface area (Å²) in [5, 5.41) is 6.43. The molecule has 16 heavy (non-hydrogen) atoms. The van der Waals surface area contributed by atoms with Gasteiger partial charge in [-0.25, -0.2) is 0 Å². The van der Waals surface area contributed by atoms with Crippen LogP contribution in [0.5, 0.6) is 0 Å². The van der Waals surface area contributed by atoms with Gasteiger partial charge in [-0.2, -0.15) is 0 Å². The van der Waals surface area contributed by atoms with E-state index in [1.54, 1.807) is 0 Å². The summed E-state index contributed by atoms with van der Waals surface area (Å²) < 4.78 is 0. The summed E-state index contributed by atoms with van der Waals surface area (Å²) in [7, 11) is 0. The van der Waals surface area contributed by atoms with Crippen molar-refractivity contribution in [2.75, 3.05) is 32.7 Å². The summed E-state index contributed by atoms with van der Waals surface area (Å²) in [5.41, 5.74) is 0. The molecule has 2 heterocycles. The Kier molecular flexibility index (Phi) is 4.60. The van der Waals surface area contributed by atoms with Gasteiger partial charge in [-0.15, -0.1) is 0 Å². The van der Waals surface area contributed by atoms with E-state index >= 15 is 0 Å². The Morgan fingerprint density at radius 2 is 2.12 bits per heavy atom. The number of hydrogen-bond acceptors (Lipinski definition) is 3. The lowest BCUT2D eigenvalue weighted by Crippen LogP contribution is -2.46. The van der Waals surface area contributed by atoms with Crippen molar-refractivity contribution >= 4 is 5.91 Å². The molecule has 0 aromatic heterocycles. The number of hydrogen-bond donors (Lipinski definition) is 2. The topological polar surface area (TPSA) is 44.4 Å². The van der Waals surface area contributed by atoms with Crippen LogP contribution >= 0.6 is 0 Å². The molecule has 1 amide bonds. The quantitative estimate of drug-likeness (QED) is 0.725. The molecule has 0 aromatic rings. The second-order valence-corrected chi connectivity index (χ2v) is 4.91. The van der Waals surface area contributed by atoms with E-state index in [0.717, 1.165) is 26.1 Å². The molecule has 92 valence electrons. The SMILES string of the molecule is O=C(CCN1CCCC1)N[C@@H]1CCCNC1. The van der Waals surface area contributed by atoms with Gasteiger partial charge in [0.1, 0.15) is 0 Å². The molecule has 0 spiro atoms. The highest BCUT2D eigenvalue weighted by Gasteiger charge is 2.16. The Labute approximate surface area is 97.8 Å². The predicted molar refractivity (Wildman–Crippen MR) is 64.3 cm³/mol. The molecule has 1 atom stereocenters. The van der Waals surface area contributed by atoms with Gasteiger partial charge < -0.3 is 15.5 Å². The van der Waals surface area contributed by atoms with E-state index in [9.17, 15) is 4.79 Å². The van der Waals surface area contributed by atoms with Gasteiger partial charge in [0, 0.05) is 25.6 Å². The van der Waals surface area contributed by atoms with Gasteiger partial charge in [0.25, 0.3) is 0 Å². The zero-order chi connectivity index (χ0) is 11.2. The Morgan fingerprint density at radius 1 is 1.31 bits per heavy atom. The molecular weight excluding hydrogens is 202 g/mol. The maximum absolute atomic E-state index is 11.7. The summed E-state index contributed by atoms with van der Waals surface area (Å²) >= 11 is 0. The third-order valence-electron chi connectivity index (χ3n) is 3.52. The lowest BCUT2D eigenvalue weighted by atomic mass is 10.1. The van der Waals surface area contributed by atoms with E-state index in [0.29, 0.717) is 12.5 Å². The van der Waals surface area contributed by atoms with Gasteiger partial charge in [0.15, 0.2) is 0 Å². The molecular formula is C12H23N3O. The largest absolute Gasteiger partial charge is 0.352 e. The molecule has 2 aliphatic heterocycles. The van der Waals surface area contributed by atoms with Gasteiger partial charge in [0.05, 0.1) is 0 Å². The fourth-order valence-electron chi connectivity index (χ4n) is 2.54. The summed E-state index contributed by atoms with van der Waals surface area (Å²) in [5.74, 6) is 0.223. The van der Waals surface area contributed by atoms with Gasteiger partial charge in [-0.05, 0) is 45.3 Å². The van der Waals surface area contributed by atoms with E-state index in [4.69, 9.17) is 0 Å². The van der Waals surface area contributed by atoms with Crippen molar-refractivity contribution in [2.45, 2.75) is 38.1 Å². The molecule has 0 bridgehead atoms. The number of nitrogens with zero attached hydrogens (tertiary/aromatic N) is 1. The van der Waals surface area contributed by atoms with Crippen molar-refractivity contribution in [3.63, 3.8) is 0 Å². The first-order valence-corrected chi connectivity index (χ1v) is 6.57. The van der Waals surface area contributed by atoms with Crippen molar-refractivity contribution < 1.29 is 4.79 Å². The molecule has 0 aromatic carbocycles. The summed E-state index contributed by atoms with van der Waals surface area (Å²) in [6.07, 6.45) is 5.57. The molecule has 2 fully saturated rings. The molecule has 2 rings (SSSR count). The van der Waals surface area contributed by atoms with E-state index in [-0.39, 0.29) is 5.91 Å². The highest BCUT2D eigenvalue weighted by atomic mass is 16.1. The second-order valence-electron chi connectivity index (χ2n) is 4.91. The van der Waals surface area contributed by atoms with Crippen LogP contribution in [0, 0.1) is 0 Å². The van der Waals surface area contributed by atoms with E-state index < -0.39 is 0 Å². The molecule has 0 unspecified atom stereocenters. The lowest BCUT2D eigenvalue weighted by Gasteiger charge is -2.24. The van der Waals surface area contributed by atoms with Crippen molar-refractivity contribution in [2.24, 2.45) is 0 Å². The van der Waals surface area contributed by atoms with Crippen LogP contribution in [0.15, 0.2) is 0 Å². The van der Waals surface area contributed by atoms with Gasteiger partial charge >= 0.3 is 0 Å². The average Bonchev–Trinajstić information content (AvgIpc) is 2.81. The van der Waals surface area contributed by atoms with Crippen LogP contribution in [0.1, 0.15) is 32.1 Å². The minimum atomic E-state index is 0.223. The van der Waals surface area contributed by atoms with E-state index in [2.05, 4.69) is 15.5 Å². The normalized spacial score (nSPS) is 26.9. The van der Waals surface area contributed by atoms with Crippen molar-refractivity contribution in [3.8, 4) is 0 Å². The average molecular weight is 225 g/mol. The summed E-state index contributed by atoms with van der Waals surface area (Å²) in [6.45, 7) is 5.33. The Hall–Kier alpha value is -0.610. The van der Waals surface area contributed by atoms with Crippen LogP contribution in [-0.2, 0) is 4.79 Å². The standard InChI is InChI=1S/C12H23N3O/c16-12(5-9-15-7-1-2-8-15)14-11-4-3-6-13-10-11/h11,13H,1-10H2,(H,14,16)/t11-/m1/s1. The van der Waals surface area contributed by atoms with Crippen LogP contribution in [-0.4, -0.2) is 49.6 Å². The lowest BCUT2D eigenvalue weighted by molar-refractivity contribution is -0.122.